The van der Waals surface area contributed by atoms with Crippen molar-refractivity contribution in [2.24, 2.45) is 0 Å². The van der Waals surface area contributed by atoms with Gasteiger partial charge < -0.3 is 0 Å². The Labute approximate surface area is 196 Å². The Morgan fingerprint density at radius 3 is 2.45 bits per heavy atom. The summed E-state index contributed by atoms with van der Waals surface area (Å²) >= 11 is 6.26. The van der Waals surface area contributed by atoms with E-state index in [9.17, 15) is 27.6 Å². The molecule has 1 atom stereocenters. The molecule has 2 saturated heterocycles. The monoisotopic (exact) mass is 488 g/mol. The molecule has 0 N–H and O–H groups in total. The van der Waals surface area contributed by atoms with Gasteiger partial charge in [0, 0.05) is 0 Å². The van der Waals surface area contributed by atoms with Crippen LogP contribution in [0, 0.1) is 0 Å². The summed E-state index contributed by atoms with van der Waals surface area (Å²) in [5.74, 6) is -2.03. The number of thioether (sulfide) groups is 1. The molecule has 2 fully saturated rings. The van der Waals surface area contributed by atoms with Gasteiger partial charge in [-0.25, -0.2) is 4.90 Å². The summed E-state index contributed by atoms with van der Waals surface area (Å²) in [6.07, 6.45) is 0.0501. The highest BCUT2D eigenvalue weighted by Gasteiger charge is 2.49. The van der Waals surface area contributed by atoms with Gasteiger partial charge >= 0.3 is 6.18 Å². The van der Waals surface area contributed by atoms with Crippen LogP contribution in [0.1, 0.15) is 17.5 Å². The van der Waals surface area contributed by atoms with Crippen molar-refractivity contribution in [1.82, 2.24) is 4.90 Å². The molecule has 3 amide bonds. The van der Waals surface area contributed by atoms with Crippen LogP contribution in [-0.2, 0) is 20.6 Å². The topological polar surface area (TPSA) is 57.7 Å². The number of amides is 3. The Balaban J connectivity index is 1.55. The molecule has 5 nitrogen and oxygen atoms in total. The summed E-state index contributed by atoms with van der Waals surface area (Å²) in [5.41, 5.74) is -0.255. The van der Waals surface area contributed by atoms with Gasteiger partial charge in [-0.05, 0) is 29.8 Å². The Kier molecular flexibility index (Phi) is 6.22. The summed E-state index contributed by atoms with van der Waals surface area (Å²) in [5, 5.41) is 0. The maximum atomic E-state index is 13.1. The van der Waals surface area contributed by atoms with E-state index in [-0.39, 0.29) is 21.3 Å². The zero-order valence-corrected chi connectivity index (χ0v) is 18.4. The first-order valence-corrected chi connectivity index (χ1v) is 10.9. The molecule has 0 spiro atoms. The Hall–Kier alpha value is -3.24. The number of rotatable bonds is 4. The lowest BCUT2D eigenvalue weighted by Crippen LogP contribution is -2.44. The van der Waals surface area contributed by atoms with Crippen LogP contribution in [0.15, 0.2) is 71.7 Å². The van der Waals surface area contributed by atoms with Gasteiger partial charge in [0.05, 0.1) is 22.6 Å². The van der Waals surface area contributed by atoms with E-state index in [4.69, 9.17) is 12.2 Å². The average Bonchev–Trinajstić information content (AvgIpc) is 3.22. The predicted molar refractivity (Wildman–Crippen MR) is 123 cm³/mol. The van der Waals surface area contributed by atoms with E-state index in [2.05, 4.69) is 0 Å². The van der Waals surface area contributed by atoms with Gasteiger partial charge in [0.1, 0.15) is 10.4 Å². The zero-order chi connectivity index (χ0) is 23.8. The molecule has 0 aliphatic carbocycles. The van der Waals surface area contributed by atoms with Gasteiger partial charge in [0.25, 0.3) is 11.8 Å². The van der Waals surface area contributed by atoms with Gasteiger partial charge in [-0.3, -0.25) is 19.3 Å². The fourth-order valence-corrected chi connectivity index (χ4v) is 4.79. The smallest absolute Gasteiger partial charge is 0.280 e. The van der Waals surface area contributed by atoms with E-state index in [0.29, 0.717) is 4.90 Å². The molecule has 10 heteroatoms. The van der Waals surface area contributed by atoms with Crippen LogP contribution in [0.2, 0.25) is 0 Å². The lowest BCUT2D eigenvalue weighted by molar-refractivity contribution is -0.137. The number of benzene rings is 2. The number of allylic oxidation sites excluding steroid dienone is 2. The normalized spacial score (nSPS) is 20.7. The van der Waals surface area contributed by atoms with Crippen LogP contribution >= 0.6 is 24.0 Å². The molecule has 2 aromatic rings. The van der Waals surface area contributed by atoms with Gasteiger partial charge in [-0.2, -0.15) is 13.2 Å². The van der Waals surface area contributed by atoms with Crippen LogP contribution in [0.3, 0.4) is 0 Å². The van der Waals surface area contributed by atoms with Crippen LogP contribution < -0.4 is 4.90 Å². The number of anilines is 1. The Morgan fingerprint density at radius 1 is 1.03 bits per heavy atom. The third kappa shape index (κ3) is 4.62. The lowest BCUT2D eigenvalue weighted by Gasteiger charge is -2.21. The highest BCUT2D eigenvalue weighted by molar-refractivity contribution is 8.26. The van der Waals surface area contributed by atoms with E-state index in [0.717, 1.165) is 40.4 Å². The summed E-state index contributed by atoms with van der Waals surface area (Å²) in [7, 11) is 0. The highest BCUT2D eigenvalue weighted by atomic mass is 32.2. The van der Waals surface area contributed by atoms with Crippen molar-refractivity contribution in [1.29, 1.82) is 0 Å². The second-order valence-corrected chi connectivity index (χ2v) is 8.86. The minimum Gasteiger partial charge on any atom is -0.280 e. The van der Waals surface area contributed by atoms with Gasteiger partial charge in [0.15, 0.2) is 0 Å². The molecule has 4 rings (SSSR count). The van der Waals surface area contributed by atoms with Crippen molar-refractivity contribution >= 4 is 57.8 Å². The molecule has 0 bridgehead atoms. The molecule has 168 valence electrons. The van der Waals surface area contributed by atoms with E-state index in [1.807, 2.05) is 30.3 Å². The first kappa shape index (κ1) is 22.9. The molecule has 0 saturated carbocycles. The summed E-state index contributed by atoms with van der Waals surface area (Å²) in [6, 6.07) is 12.1. The van der Waals surface area contributed by atoms with E-state index in [1.165, 1.54) is 6.07 Å². The van der Waals surface area contributed by atoms with Crippen LogP contribution in [-0.4, -0.2) is 33.0 Å². The van der Waals surface area contributed by atoms with E-state index in [1.54, 1.807) is 18.2 Å². The number of halogens is 3. The minimum atomic E-state index is -4.63. The Morgan fingerprint density at radius 2 is 1.76 bits per heavy atom. The van der Waals surface area contributed by atoms with Crippen molar-refractivity contribution in [2.75, 3.05) is 4.90 Å². The number of hydrogen-bond acceptors (Lipinski definition) is 5. The number of carbonyl (C=O) groups is 3. The fourth-order valence-electron chi connectivity index (χ4n) is 3.48. The van der Waals surface area contributed by atoms with E-state index < -0.39 is 35.5 Å². The maximum Gasteiger partial charge on any atom is 0.416 e. The number of imide groups is 1. The second kappa shape index (κ2) is 8.95. The molecule has 2 aromatic carbocycles. The summed E-state index contributed by atoms with van der Waals surface area (Å²) < 4.78 is 39.3. The number of nitrogens with zero attached hydrogens (tertiary/aromatic N) is 2. The summed E-state index contributed by atoms with van der Waals surface area (Å²) in [4.78, 5) is 40.5. The lowest BCUT2D eigenvalue weighted by atomic mass is 10.2. The molecule has 2 aliphatic heterocycles. The largest absolute Gasteiger partial charge is 0.416 e. The predicted octanol–water partition coefficient (Wildman–Crippen LogP) is 4.79. The molecule has 1 unspecified atom stereocenters. The van der Waals surface area contributed by atoms with Crippen molar-refractivity contribution in [3.8, 4) is 0 Å². The number of thiocarbonyl (C=S) groups is 1. The number of hydrogen-bond donors (Lipinski definition) is 0. The molecule has 33 heavy (non-hydrogen) atoms. The number of alkyl halides is 3. The van der Waals surface area contributed by atoms with Crippen LogP contribution in [0.5, 0.6) is 0 Å². The van der Waals surface area contributed by atoms with Gasteiger partial charge in [0.2, 0.25) is 5.91 Å². The SMILES string of the molecule is O=C1CC(N2C(=O)/C(=C/C=C/c3ccccc3)SC2=S)C(=O)N1c1cccc(C(F)(F)F)c1. The van der Waals surface area contributed by atoms with Crippen molar-refractivity contribution in [3.63, 3.8) is 0 Å². The zero-order valence-electron chi connectivity index (χ0n) is 16.8. The second-order valence-electron chi connectivity index (χ2n) is 7.18. The molecule has 0 radical (unpaired) electrons. The molecular formula is C23H15F3N2O3S2. The van der Waals surface area contributed by atoms with Crippen molar-refractivity contribution in [2.45, 2.75) is 18.6 Å². The highest BCUT2D eigenvalue weighted by Crippen LogP contribution is 2.37. The third-order valence-electron chi connectivity index (χ3n) is 5.03. The molecule has 2 heterocycles. The average molecular weight is 489 g/mol. The van der Waals surface area contributed by atoms with E-state index >= 15 is 0 Å². The minimum absolute atomic E-state index is 0.108. The fraction of sp³-hybridized carbons (Fsp3) is 0.130. The Bertz CT molecular complexity index is 1210. The molecule has 0 aromatic heterocycles. The third-order valence-corrected chi connectivity index (χ3v) is 6.37. The standard InChI is InChI=1S/C23H15F3N2O3S2/c24-23(25,26)15-9-5-10-16(12-15)27-19(29)13-17(20(27)30)28-21(31)18(33-22(28)32)11-4-8-14-6-2-1-3-7-14/h1-12,17H,13H2/b8-4+,18-11-. The molecule has 2 aliphatic rings. The van der Waals surface area contributed by atoms with Gasteiger partial charge in [-0.15, -0.1) is 0 Å². The van der Waals surface area contributed by atoms with Crippen molar-refractivity contribution in [3.05, 3.63) is 82.8 Å². The maximum absolute atomic E-state index is 13.1. The van der Waals surface area contributed by atoms with Gasteiger partial charge in [-0.1, -0.05) is 72.5 Å². The van der Waals surface area contributed by atoms with Crippen LogP contribution in [0.25, 0.3) is 6.08 Å². The summed E-state index contributed by atoms with van der Waals surface area (Å²) in [6.45, 7) is 0. The molecular weight excluding hydrogens is 473 g/mol. The first-order chi connectivity index (χ1) is 15.7. The quantitative estimate of drug-likeness (QED) is 0.352. The first-order valence-electron chi connectivity index (χ1n) is 9.69. The van der Waals surface area contributed by atoms with Crippen LogP contribution in [0.4, 0.5) is 18.9 Å². The number of carbonyl (C=O) groups excluding carboxylic acids is 3. The van der Waals surface area contributed by atoms with Crippen molar-refractivity contribution < 1.29 is 27.6 Å².